The minimum Gasteiger partial charge on any atom is -0.354 e. The fourth-order valence-electron chi connectivity index (χ4n) is 3.06. The molecule has 0 radical (unpaired) electrons. The van der Waals surface area contributed by atoms with Crippen molar-refractivity contribution in [1.29, 1.82) is 0 Å². The van der Waals surface area contributed by atoms with E-state index in [-0.39, 0.29) is 12.5 Å². The molecule has 1 atom stereocenters. The minimum atomic E-state index is -3.79. The summed E-state index contributed by atoms with van der Waals surface area (Å²) in [5.41, 5.74) is 0.908. The predicted molar refractivity (Wildman–Crippen MR) is 136 cm³/mol. The molecule has 2 rings (SSSR count). The van der Waals surface area contributed by atoms with Crippen LogP contribution in [-0.2, 0) is 26.2 Å². The minimum absolute atomic E-state index is 0.00559. The summed E-state index contributed by atoms with van der Waals surface area (Å²) in [6.07, 6.45) is 1.76. The highest BCUT2D eigenvalue weighted by Crippen LogP contribution is 2.25. The quantitative estimate of drug-likeness (QED) is 0.451. The van der Waals surface area contributed by atoms with Crippen molar-refractivity contribution >= 4 is 66.7 Å². The molecule has 11 heteroatoms. The van der Waals surface area contributed by atoms with Crippen molar-refractivity contribution in [3.05, 3.63) is 62.5 Å². The third-order valence-electron chi connectivity index (χ3n) is 4.85. The van der Waals surface area contributed by atoms with Crippen molar-refractivity contribution in [3.63, 3.8) is 0 Å². The number of hydrogen-bond donors (Lipinski definition) is 1. The second-order valence-corrected chi connectivity index (χ2v) is 11.1. The normalized spacial score (nSPS) is 12.2. The van der Waals surface area contributed by atoms with Gasteiger partial charge in [-0.25, -0.2) is 8.42 Å². The molecule has 0 unspecified atom stereocenters. The summed E-state index contributed by atoms with van der Waals surface area (Å²) in [7, 11) is -3.79. The van der Waals surface area contributed by atoms with E-state index in [9.17, 15) is 18.0 Å². The van der Waals surface area contributed by atoms with Gasteiger partial charge in [-0.05, 0) is 49.2 Å². The van der Waals surface area contributed by atoms with E-state index in [0.29, 0.717) is 32.3 Å². The van der Waals surface area contributed by atoms with Crippen molar-refractivity contribution in [3.8, 4) is 0 Å². The van der Waals surface area contributed by atoms with Crippen molar-refractivity contribution in [2.24, 2.45) is 0 Å². The molecule has 180 valence electrons. The Kier molecular flexibility index (Phi) is 10.0. The Labute approximate surface area is 213 Å². The first-order valence-corrected chi connectivity index (χ1v) is 13.6. The van der Waals surface area contributed by atoms with Crippen LogP contribution >= 0.6 is 39.1 Å². The van der Waals surface area contributed by atoms with E-state index in [1.54, 1.807) is 49.4 Å². The van der Waals surface area contributed by atoms with Crippen LogP contribution in [0, 0.1) is 0 Å². The summed E-state index contributed by atoms with van der Waals surface area (Å²) in [6.45, 7) is 3.50. The zero-order valence-corrected chi connectivity index (χ0v) is 22.4. The Hall–Kier alpha value is -1.81. The van der Waals surface area contributed by atoms with E-state index in [0.717, 1.165) is 17.0 Å². The zero-order valence-electron chi connectivity index (χ0n) is 18.5. The van der Waals surface area contributed by atoms with Gasteiger partial charge in [-0.1, -0.05) is 58.2 Å². The topological polar surface area (TPSA) is 86.8 Å². The molecular formula is C22H26BrCl2N3O4S. The summed E-state index contributed by atoms with van der Waals surface area (Å²) >= 11 is 15.6. The number of anilines is 1. The number of nitrogens with one attached hydrogen (secondary N) is 1. The standard InChI is InChI=1S/C22H26BrCl2N3O4S/c1-4-10-26-22(30)15(2)27(13-16-8-9-18(24)12-20(16)25)21(29)14-28(33(3,31)32)19-7-5-6-17(23)11-19/h5-9,11-12,15H,4,10,13-14H2,1-3H3,(H,26,30)/t15-/m1/s1. The molecule has 2 amide bonds. The second kappa shape index (κ2) is 12.1. The monoisotopic (exact) mass is 577 g/mol. The van der Waals surface area contributed by atoms with Crippen LogP contribution in [0.25, 0.3) is 0 Å². The molecule has 1 N–H and O–H groups in total. The van der Waals surface area contributed by atoms with E-state index in [2.05, 4.69) is 21.2 Å². The van der Waals surface area contributed by atoms with E-state index in [1.165, 1.54) is 4.90 Å². The number of halogens is 3. The molecule has 0 spiro atoms. The van der Waals surface area contributed by atoms with Gasteiger partial charge in [0.2, 0.25) is 21.8 Å². The van der Waals surface area contributed by atoms with Crippen LogP contribution in [0.4, 0.5) is 5.69 Å². The number of rotatable bonds is 10. The van der Waals surface area contributed by atoms with Crippen LogP contribution in [-0.4, -0.2) is 50.5 Å². The summed E-state index contributed by atoms with van der Waals surface area (Å²) < 4.78 is 26.7. The number of sulfonamides is 1. The first-order valence-electron chi connectivity index (χ1n) is 10.2. The Bertz CT molecular complexity index is 1110. The Morgan fingerprint density at radius 3 is 2.42 bits per heavy atom. The molecule has 0 aromatic heterocycles. The smallest absolute Gasteiger partial charge is 0.244 e. The van der Waals surface area contributed by atoms with Gasteiger partial charge < -0.3 is 10.2 Å². The Morgan fingerprint density at radius 2 is 1.85 bits per heavy atom. The molecule has 0 aliphatic rings. The zero-order chi connectivity index (χ0) is 24.8. The van der Waals surface area contributed by atoms with Gasteiger partial charge >= 0.3 is 0 Å². The van der Waals surface area contributed by atoms with Crippen molar-refractivity contribution in [2.75, 3.05) is 23.7 Å². The van der Waals surface area contributed by atoms with Crippen LogP contribution in [0.5, 0.6) is 0 Å². The number of hydrogen-bond acceptors (Lipinski definition) is 4. The summed E-state index contributed by atoms with van der Waals surface area (Å²) in [4.78, 5) is 27.4. The number of benzene rings is 2. The van der Waals surface area contributed by atoms with Crippen LogP contribution in [0.2, 0.25) is 10.0 Å². The van der Waals surface area contributed by atoms with Crippen LogP contribution in [0.15, 0.2) is 46.9 Å². The van der Waals surface area contributed by atoms with Crippen LogP contribution in [0.1, 0.15) is 25.8 Å². The highest BCUT2D eigenvalue weighted by molar-refractivity contribution is 9.10. The molecule has 0 heterocycles. The van der Waals surface area contributed by atoms with Crippen LogP contribution in [0.3, 0.4) is 0 Å². The molecule has 0 aliphatic heterocycles. The lowest BCUT2D eigenvalue weighted by atomic mass is 10.1. The highest BCUT2D eigenvalue weighted by atomic mass is 79.9. The molecule has 2 aromatic carbocycles. The second-order valence-electron chi connectivity index (χ2n) is 7.47. The summed E-state index contributed by atoms with van der Waals surface area (Å²) in [5, 5.41) is 3.55. The summed E-state index contributed by atoms with van der Waals surface area (Å²) in [6, 6.07) is 10.6. The highest BCUT2D eigenvalue weighted by Gasteiger charge is 2.30. The Morgan fingerprint density at radius 1 is 1.15 bits per heavy atom. The fraction of sp³-hybridized carbons (Fsp3) is 0.364. The van der Waals surface area contributed by atoms with Gasteiger partial charge in [-0.15, -0.1) is 0 Å². The number of amides is 2. The van der Waals surface area contributed by atoms with Gasteiger partial charge in [-0.2, -0.15) is 0 Å². The van der Waals surface area contributed by atoms with E-state index < -0.39 is 28.5 Å². The molecule has 33 heavy (non-hydrogen) atoms. The van der Waals surface area contributed by atoms with Gasteiger partial charge in [0.1, 0.15) is 12.6 Å². The van der Waals surface area contributed by atoms with Gasteiger partial charge in [0.15, 0.2) is 0 Å². The first kappa shape index (κ1) is 27.4. The van der Waals surface area contributed by atoms with Crippen molar-refractivity contribution < 1.29 is 18.0 Å². The van der Waals surface area contributed by atoms with Gasteiger partial charge in [-0.3, -0.25) is 13.9 Å². The molecular weight excluding hydrogens is 553 g/mol. The lowest BCUT2D eigenvalue weighted by molar-refractivity contribution is -0.139. The van der Waals surface area contributed by atoms with Gasteiger partial charge in [0.25, 0.3) is 0 Å². The van der Waals surface area contributed by atoms with Crippen LogP contribution < -0.4 is 9.62 Å². The largest absolute Gasteiger partial charge is 0.354 e. The molecule has 0 saturated carbocycles. The maximum atomic E-state index is 13.4. The first-order chi connectivity index (χ1) is 15.4. The average Bonchev–Trinajstić information content (AvgIpc) is 2.73. The van der Waals surface area contributed by atoms with Gasteiger partial charge in [0, 0.05) is 27.6 Å². The third-order valence-corrected chi connectivity index (χ3v) is 7.07. The lowest BCUT2D eigenvalue weighted by Crippen LogP contribution is -2.51. The molecule has 0 fully saturated rings. The number of nitrogens with zero attached hydrogens (tertiary/aromatic N) is 2. The van der Waals surface area contributed by atoms with E-state index in [4.69, 9.17) is 23.2 Å². The van der Waals surface area contributed by atoms with Crippen molar-refractivity contribution in [2.45, 2.75) is 32.9 Å². The maximum absolute atomic E-state index is 13.4. The number of carbonyl (C=O) groups is 2. The average molecular weight is 579 g/mol. The molecule has 7 nitrogen and oxygen atoms in total. The lowest BCUT2D eigenvalue weighted by Gasteiger charge is -2.31. The van der Waals surface area contributed by atoms with E-state index >= 15 is 0 Å². The van der Waals surface area contributed by atoms with Crippen molar-refractivity contribution in [1.82, 2.24) is 10.2 Å². The third kappa shape index (κ3) is 7.88. The molecule has 0 aliphatic carbocycles. The number of carbonyl (C=O) groups excluding carboxylic acids is 2. The SMILES string of the molecule is CCCNC(=O)[C@@H](C)N(Cc1ccc(Cl)cc1Cl)C(=O)CN(c1cccc(Br)c1)S(C)(=O)=O. The molecule has 0 saturated heterocycles. The van der Waals surface area contributed by atoms with Gasteiger partial charge in [0.05, 0.1) is 11.9 Å². The summed E-state index contributed by atoms with van der Waals surface area (Å²) in [5.74, 6) is -0.894. The molecule has 0 bridgehead atoms. The maximum Gasteiger partial charge on any atom is 0.244 e. The predicted octanol–water partition coefficient (Wildman–Crippen LogP) is 4.47. The molecule has 2 aromatic rings. The van der Waals surface area contributed by atoms with E-state index in [1.807, 2.05) is 6.92 Å². The Balaban J connectivity index is 2.40. The fourth-order valence-corrected chi connectivity index (χ4v) is 4.75.